The number of rotatable bonds is 6. The highest BCUT2D eigenvalue weighted by Crippen LogP contribution is 2.41. The first-order valence-corrected chi connectivity index (χ1v) is 16.1. The van der Waals surface area contributed by atoms with Gasteiger partial charge in [0, 0.05) is 11.1 Å². The molecule has 0 bridgehead atoms. The fraction of sp³-hybridized carbons (Fsp3) is 0.303. The summed E-state index contributed by atoms with van der Waals surface area (Å²) >= 11 is 1.22. The van der Waals surface area contributed by atoms with Gasteiger partial charge in [0.2, 0.25) is 5.91 Å². The Morgan fingerprint density at radius 2 is 1.51 bits per heavy atom. The van der Waals surface area contributed by atoms with Crippen molar-refractivity contribution in [3.8, 4) is 5.75 Å². The van der Waals surface area contributed by atoms with Crippen LogP contribution in [0.5, 0.6) is 5.75 Å². The SMILES string of the molecule is Cc1ccc(S(=O)(=O)NC(=O)Cc2ccc(N=C3NC(=O)C(=Cc4cc(C(C)(C)C)c(O)c(C(C)(C)C)c4)S3)cc2)cc1. The Bertz CT molecular complexity index is 1690. The topological polar surface area (TPSA) is 125 Å². The normalized spacial score (nSPS) is 16.0. The van der Waals surface area contributed by atoms with E-state index in [0.717, 1.165) is 22.3 Å². The lowest BCUT2D eigenvalue weighted by Gasteiger charge is -2.28. The number of thioether (sulfide) groups is 1. The predicted molar refractivity (Wildman–Crippen MR) is 173 cm³/mol. The lowest BCUT2D eigenvalue weighted by molar-refractivity contribution is -0.118. The van der Waals surface area contributed by atoms with Crippen LogP contribution in [0.2, 0.25) is 0 Å². The quantitative estimate of drug-likeness (QED) is 0.281. The zero-order valence-corrected chi connectivity index (χ0v) is 27.0. The highest BCUT2D eigenvalue weighted by Gasteiger charge is 2.28. The zero-order valence-electron chi connectivity index (χ0n) is 25.4. The molecule has 1 aliphatic rings. The Hall–Kier alpha value is -3.89. The summed E-state index contributed by atoms with van der Waals surface area (Å²) in [5.41, 5.74) is 3.95. The van der Waals surface area contributed by atoms with Gasteiger partial charge in [-0.2, -0.15) is 0 Å². The number of phenolic OH excluding ortho intramolecular Hbond substituents is 1. The molecule has 3 aromatic carbocycles. The molecule has 4 rings (SSSR count). The van der Waals surface area contributed by atoms with Crippen LogP contribution < -0.4 is 10.0 Å². The number of carbonyl (C=O) groups excluding carboxylic acids is 2. The average Bonchev–Trinajstić information content (AvgIpc) is 3.22. The van der Waals surface area contributed by atoms with Crippen molar-refractivity contribution in [3.05, 3.63) is 93.4 Å². The van der Waals surface area contributed by atoms with Crippen LogP contribution in [-0.2, 0) is 36.9 Å². The Balaban J connectivity index is 1.47. The highest BCUT2D eigenvalue weighted by atomic mass is 32.2. The predicted octanol–water partition coefficient (Wildman–Crippen LogP) is 6.23. The van der Waals surface area contributed by atoms with E-state index in [-0.39, 0.29) is 33.8 Å². The smallest absolute Gasteiger partial charge is 0.264 e. The number of aromatic hydroxyl groups is 1. The van der Waals surface area contributed by atoms with E-state index in [9.17, 15) is 23.1 Å². The molecule has 0 atom stereocenters. The zero-order chi connectivity index (χ0) is 31.7. The molecular weight excluding hydrogens is 583 g/mol. The molecule has 0 aromatic heterocycles. The maximum Gasteiger partial charge on any atom is 0.264 e. The van der Waals surface area contributed by atoms with Crippen molar-refractivity contribution >= 4 is 50.5 Å². The molecule has 8 nitrogen and oxygen atoms in total. The Morgan fingerprint density at radius 3 is 2.05 bits per heavy atom. The number of aryl methyl sites for hydroxylation is 1. The third kappa shape index (κ3) is 7.94. The van der Waals surface area contributed by atoms with Crippen LogP contribution in [0, 0.1) is 6.92 Å². The van der Waals surface area contributed by atoms with Crippen molar-refractivity contribution in [2.75, 3.05) is 0 Å². The molecule has 0 unspecified atom stereocenters. The minimum absolute atomic E-state index is 0.0249. The molecular formula is C33H37N3O5S2. The maximum atomic E-state index is 12.8. The first-order chi connectivity index (χ1) is 19.9. The first kappa shape index (κ1) is 32.0. The van der Waals surface area contributed by atoms with Gasteiger partial charge in [-0.25, -0.2) is 18.1 Å². The standard InChI is InChI=1S/C33H37N3O5S2/c1-20-8-14-24(15-9-20)43(40,41)36-28(37)19-21-10-12-23(13-11-21)34-31-35-30(39)27(42-31)18-22-16-25(32(2,3)4)29(38)26(17-22)33(5,6)7/h8-18,38H,19H2,1-7H3,(H,36,37)(H,34,35,39). The van der Waals surface area contributed by atoms with Gasteiger partial charge in [0.05, 0.1) is 21.9 Å². The molecule has 0 spiro atoms. The number of phenols is 1. The summed E-state index contributed by atoms with van der Waals surface area (Å²) in [6.07, 6.45) is 1.68. The van der Waals surface area contributed by atoms with Crippen LogP contribution in [0.15, 0.2) is 75.5 Å². The van der Waals surface area contributed by atoms with E-state index in [2.05, 4.69) is 15.0 Å². The summed E-state index contributed by atoms with van der Waals surface area (Å²) in [4.78, 5) is 30.3. The summed E-state index contributed by atoms with van der Waals surface area (Å²) in [7, 11) is -3.96. The highest BCUT2D eigenvalue weighted by molar-refractivity contribution is 8.18. The number of amidine groups is 1. The van der Waals surface area contributed by atoms with Crippen LogP contribution in [0.25, 0.3) is 6.08 Å². The molecule has 43 heavy (non-hydrogen) atoms. The minimum atomic E-state index is -3.96. The van der Waals surface area contributed by atoms with Gasteiger partial charge in [0.15, 0.2) is 5.17 Å². The van der Waals surface area contributed by atoms with Crippen LogP contribution in [0.3, 0.4) is 0 Å². The number of carbonyl (C=O) groups is 2. The number of benzene rings is 3. The monoisotopic (exact) mass is 619 g/mol. The van der Waals surface area contributed by atoms with Crippen LogP contribution >= 0.6 is 11.8 Å². The molecule has 1 saturated heterocycles. The number of hydrogen-bond donors (Lipinski definition) is 3. The second kappa shape index (κ2) is 12.0. The minimum Gasteiger partial charge on any atom is -0.507 e. The molecule has 3 aromatic rings. The molecule has 1 fully saturated rings. The number of nitrogens with zero attached hydrogens (tertiary/aromatic N) is 1. The van der Waals surface area contributed by atoms with Gasteiger partial charge < -0.3 is 10.4 Å². The number of aliphatic imine (C=N–C) groups is 1. The summed E-state index contributed by atoms with van der Waals surface area (Å²) < 4.78 is 27.1. The van der Waals surface area contributed by atoms with Crippen molar-refractivity contribution in [2.24, 2.45) is 4.99 Å². The van der Waals surface area contributed by atoms with E-state index in [4.69, 9.17) is 0 Å². The fourth-order valence-corrected chi connectivity index (χ4v) is 6.29. The van der Waals surface area contributed by atoms with E-state index in [1.807, 2.05) is 60.6 Å². The van der Waals surface area contributed by atoms with Gasteiger partial charge in [0.1, 0.15) is 5.75 Å². The van der Waals surface area contributed by atoms with Crippen molar-refractivity contribution in [3.63, 3.8) is 0 Å². The van der Waals surface area contributed by atoms with Crippen molar-refractivity contribution in [1.82, 2.24) is 10.0 Å². The molecule has 3 N–H and O–H groups in total. The van der Waals surface area contributed by atoms with Gasteiger partial charge >= 0.3 is 0 Å². The second-order valence-corrected chi connectivity index (χ2v) is 15.3. The summed E-state index contributed by atoms with van der Waals surface area (Å²) in [5.74, 6) is -0.636. The lowest BCUT2D eigenvalue weighted by Crippen LogP contribution is -2.31. The Labute approximate surface area is 257 Å². The largest absolute Gasteiger partial charge is 0.507 e. The third-order valence-electron chi connectivity index (χ3n) is 6.81. The van der Waals surface area contributed by atoms with E-state index >= 15 is 0 Å². The number of nitrogens with one attached hydrogen (secondary N) is 2. The molecule has 1 heterocycles. The lowest BCUT2D eigenvalue weighted by atomic mass is 9.78. The van der Waals surface area contributed by atoms with E-state index in [1.54, 1.807) is 42.5 Å². The third-order valence-corrected chi connectivity index (χ3v) is 9.11. The maximum absolute atomic E-state index is 12.8. The summed E-state index contributed by atoms with van der Waals surface area (Å²) in [6, 6.07) is 16.9. The molecule has 10 heteroatoms. The summed E-state index contributed by atoms with van der Waals surface area (Å²) in [6.45, 7) is 14.1. The van der Waals surface area contributed by atoms with Crippen LogP contribution in [0.4, 0.5) is 5.69 Å². The van der Waals surface area contributed by atoms with E-state index < -0.39 is 15.9 Å². The van der Waals surface area contributed by atoms with E-state index in [1.165, 1.54) is 23.9 Å². The van der Waals surface area contributed by atoms with Crippen molar-refractivity contribution in [1.29, 1.82) is 0 Å². The molecule has 1 aliphatic heterocycles. The van der Waals surface area contributed by atoms with Gasteiger partial charge in [-0.3, -0.25) is 9.59 Å². The fourth-order valence-electron chi connectivity index (χ4n) is 4.47. The number of amides is 2. The van der Waals surface area contributed by atoms with E-state index in [0.29, 0.717) is 21.3 Å². The Morgan fingerprint density at radius 1 is 0.953 bits per heavy atom. The van der Waals surface area contributed by atoms with Gasteiger partial charge in [-0.15, -0.1) is 0 Å². The molecule has 226 valence electrons. The van der Waals surface area contributed by atoms with Crippen molar-refractivity contribution < 1.29 is 23.1 Å². The van der Waals surface area contributed by atoms with Gasteiger partial charge in [-0.05, 0) is 83.1 Å². The number of sulfonamides is 1. The van der Waals surface area contributed by atoms with Crippen LogP contribution in [0.1, 0.15) is 69.4 Å². The van der Waals surface area contributed by atoms with Gasteiger partial charge in [-0.1, -0.05) is 71.4 Å². The van der Waals surface area contributed by atoms with Crippen LogP contribution in [-0.4, -0.2) is 30.5 Å². The molecule has 0 saturated carbocycles. The Kier molecular flexibility index (Phi) is 8.95. The molecule has 2 amide bonds. The number of hydrogen-bond acceptors (Lipinski definition) is 7. The average molecular weight is 620 g/mol. The molecule has 0 aliphatic carbocycles. The second-order valence-electron chi connectivity index (χ2n) is 12.6. The summed E-state index contributed by atoms with van der Waals surface area (Å²) in [5, 5.41) is 14.2. The van der Waals surface area contributed by atoms with Gasteiger partial charge in [0.25, 0.3) is 15.9 Å². The first-order valence-electron chi connectivity index (χ1n) is 13.8. The molecule has 0 radical (unpaired) electrons. The van der Waals surface area contributed by atoms with Crippen molar-refractivity contribution in [2.45, 2.75) is 70.6 Å².